The molecule has 3 nitrogen and oxygen atoms in total. The minimum atomic E-state index is 0.713. The summed E-state index contributed by atoms with van der Waals surface area (Å²) >= 11 is 1.90. The zero-order chi connectivity index (χ0) is 12.7. The number of fused-ring (bicyclic) bond motifs is 1. The van der Waals surface area contributed by atoms with Crippen LogP contribution in [0.1, 0.15) is 12.8 Å². The summed E-state index contributed by atoms with van der Waals surface area (Å²) in [5, 5.41) is 6.37. The highest BCUT2D eigenvalue weighted by Crippen LogP contribution is 2.41. The van der Waals surface area contributed by atoms with E-state index in [-0.39, 0.29) is 0 Å². The molecule has 1 atom stereocenters. The largest absolute Gasteiger partial charge is 0.335 e. The molecule has 0 amide bonds. The zero-order valence-corrected chi connectivity index (χ0v) is 11.4. The minimum absolute atomic E-state index is 0.713. The van der Waals surface area contributed by atoms with Crippen LogP contribution in [0.25, 0.3) is 10.9 Å². The van der Waals surface area contributed by atoms with E-state index in [2.05, 4.69) is 39.6 Å². The van der Waals surface area contributed by atoms with Crippen LogP contribution in [0.3, 0.4) is 0 Å². The molecule has 0 saturated heterocycles. The third kappa shape index (κ3) is 2.32. The number of nitrogens with zero attached hydrogens (tertiary/aromatic N) is 2. The molecule has 0 bridgehead atoms. The number of hydrogen-bond donors (Lipinski definition) is 1. The summed E-state index contributed by atoms with van der Waals surface area (Å²) in [6, 6.07) is 10.3. The fourth-order valence-electron chi connectivity index (χ4n) is 2.45. The van der Waals surface area contributed by atoms with Gasteiger partial charge in [-0.05, 0) is 43.0 Å². The highest BCUT2D eigenvalue weighted by molar-refractivity contribution is 8.15. The van der Waals surface area contributed by atoms with Gasteiger partial charge in [-0.25, -0.2) is 0 Å². The molecule has 96 valence electrons. The summed E-state index contributed by atoms with van der Waals surface area (Å²) in [6.45, 7) is 0.979. The van der Waals surface area contributed by atoms with E-state index in [0.717, 1.165) is 34.2 Å². The molecule has 4 rings (SSSR count). The van der Waals surface area contributed by atoms with E-state index in [1.165, 1.54) is 12.8 Å². The van der Waals surface area contributed by atoms with Crippen molar-refractivity contribution in [2.24, 2.45) is 10.9 Å². The quantitative estimate of drug-likeness (QED) is 0.906. The maximum atomic E-state index is 4.61. The first-order valence-corrected chi connectivity index (χ1v) is 7.59. The van der Waals surface area contributed by atoms with Gasteiger partial charge in [-0.15, -0.1) is 0 Å². The van der Waals surface area contributed by atoms with Crippen LogP contribution in [0.15, 0.2) is 41.5 Å². The van der Waals surface area contributed by atoms with Gasteiger partial charge in [0.15, 0.2) is 5.17 Å². The third-order valence-electron chi connectivity index (χ3n) is 3.68. The lowest BCUT2D eigenvalue weighted by Crippen LogP contribution is -2.08. The Hall–Kier alpha value is -1.55. The van der Waals surface area contributed by atoms with Gasteiger partial charge in [0.25, 0.3) is 0 Å². The molecule has 1 aromatic carbocycles. The Labute approximate surface area is 116 Å². The van der Waals surface area contributed by atoms with E-state index < -0.39 is 0 Å². The van der Waals surface area contributed by atoms with Gasteiger partial charge in [-0.2, -0.15) is 0 Å². The van der Waals surface area contributed by atoms with E-state index in [0.29, 0.717) is 5.25 Å². The zero-order valence-electron chi connectivity index (χ0n) is 10.5. The number of aliphatic imine (C=N–C) groups is 1. The Kier molecular flexibility index (Phi) is 2.69. The number of rotatable bonds is 2. The summed E-state index contributed by atoms with van der Waals surface area (Å²) in [5.74, 6) is 0.911. The van der Waals surface area contributed by atoms with Crippen LogP contribution in [0.2, 0.25) is 0 Å². The SMILES string of the molecule is c1cnc2ccc(NC3=NCC(C4CC4)S3)cc2c1. The van der Waals surface area contributed by atoms with Gasteiger partial charge in [0, 0.05) is 22.5 Å². The highest BCUT2D eigenvalue weighted by Gasteiger charge is 2.35. The van der Waals surface area contributed by atoms with Gasteiger partial charge in [0.1, 0.15) is 0 Å². The summed E-state index contributed by atoms with van der Waals surface area (Å²) in [4.78, 5) is 8.94. The predicted molar refractivity (Wildman–Crippen MR) is 81.8 cm³/mol. The smallest absolute Gasteiger partial charge is 0.161 e. The van der Waals surface area contributed by atoms with Crippen molar-refractivity contribution in [1.29, 1.82) is 0 Å². The number of thioether (sulfide) groups is 1. The number of hydrogen-bond acceptors (Lipinski definition) is 4. The standard InChI is InChI=1S/C15H15N3S/c1-2-11-8-12(5-6-13(11)16-7-1)18-15-17-9-14(19-15)10-3-4-10/h1-2,5-8,10,14H,3-4,9H2,(H,17,18). The summed E-state index contributed by atoms with van der Waals surface area (Å²) in [7, 11) is 0. The number of pyridine rings is 1. The molecule has 2 heterocycles. The van der Waals surface area contributed by atoms with Crippen LogP contribution < -0.4 is 5.32 Å². The summed E-state index contributed by atoms with van der Waals surface area (Å²) in [6.07, 6.45) is 4.61. The van der Waals surface area contributed by atoms with Crippen LogP contribution in [0, 0.1) is 5.92 Å². The van der Waals surface area contributed by atoms with E-state index in [4.69, 9.17) is 0 Å². The number of amidine groups is 1. The molecular weight excluding hydrogens is 254 g/mol. The molecule has 1 fully saturated rings. The molecule has 2 aromatic rings. The van der Waals surface area contributed by atoms with Crippen molar-refractivity contribution in [3.05, 3.63) is 36.5 Å². The van der Waals surface area contributed by atoms with E-state index in [1.807, 2.05) is 24.0 Å². The van der Waals surface area contributed by atoms with Crippen molar-refractivity contribution in [3.63, 3.8) is 0 Å². The molecule has 0 spiro atoms. The van der Waals surface area contributed by atoms with Crippen molar-refractivity contribution < 1.29 is 0 Å². The van der Waals surface area contributed by atoms with Gasteiger partial charge in [0.2, 0.25) is 0 Å². The lowest BCUT2D eigenvalue weighted by Gasteiger charge is -2.08. The van der Waals surface area contributed by atoms with Crippen LogP contribution in [0.4, 0.5) is 5.69 Å². The maximum absolute atomic E-state index is 4.61. The van der Waals surface area contributed by atoms with Crippen molar-refractivity contribution >= 4 is 33.5 Å². The maximum Gasteiger partial charge on any atom is 0.161 e. The Morgan fingerprint density at radius 3 is 3.05 bits per heavy atom. The van der Waals surface area contributed by atoms with Crippen molar-refractivity contribution in [3.8, 4) is 0 Å². The molecule has 4 heteroatoms. The van der Waals surface area contributed by atoms with Gasteiger partial charge in [-0.1, -0.05) is 17.8 Å². The molecule has 0 radical (unpaired) electrons. The van der Waals surface area contributed by atoms with Gasteiger partial charge in [-0.3, -0.25) is 9.98 Å². The normalized spacial score (nSPS) is 22.5. The molecule has 1 aliphatic heterocycles. The fraction of sp³-hybridized carbons (Fsp3) is 0.333. The Morgan fingerprint density at radius 2 is 2.16 bits per heavy atom. The van der Waals surface area contributed by atoms with E-state index >= 15 is 0 Å². The molecule has 1 N–H and O–H groups in total. The average molecular weight is 269 g/mol. The predicted octanol–water partition coefficient (Wildman–Crippen LogP) is 3.53. The van der Waals surface area contributed by atoms with Crippen LogP contribution in [-0.4, -0.2) is 21.9 Å². The highest BCUT2D eigenvalue weighted by atomic mass is 32.2. The second-order valence-corrected chi connectivity index (χ2v) is 6.40. The summed E-state index contributed by atoms with van der Waals surface area (Å²) < 4.78 is 0. The molecule has 19 heavy (non-hydrogen) atoms. The third-order valence-corrected chi connectivity index (χ3v) is 4.97. The van der Waals surface area contributed by atoms with Gasteiger partial charge < -0.3 is 5.32 Å². The molecule has 1 aromatic heterocycles. The second kappa shape index (κ2) is 4.53. The Bertz CT molecular complexity index is 649. The Morgan fingerprint density at radius 1 is 1.21 bits per heavy atom. The Balaban J connectivity index is 1.52. The molecule has 1 saturated carbocycles. The first-order chi connectivity index (χ1) is 9.38. The molecule has 1 aliphatic carbocycles. The van der Waals surface area contributed by atoms with Crippen LogP contribution in [0.5, 0.6) is 0 Å². The topological polar surface area (TPSA) is 37.3 Å². The molecular formula is C15H15N3S. The van der Waals surface area contributed by atoms with Gasteiger partial charge in [0.05, 0.1) is 12.1 Å². The average Bonchev–Trinajstić information content (AvgIpc) is 3.20. The monoisotopic (exact) mass is 269 g/mol. The molecule has 1 unspecified atom stereocenters. The lowest BCUT2D eigenvalue weighted by atomic mass is 10.2. The molecule has 2 aliphatic rings. The van der Waals surface area contributed by atoms with Gasteiger partial charge >= 0.3 is 0 Å². The number of nitrogens with one attached hydrogen (secondary N) is 1. The lowest BCUT2D eigenvalue weighted by molar-refractivity contribution is 0.773. The fourth-order valence-corrected chi connectivity index (χ4v) is 3.68. The number of aromatic nitrogens is 1. The van der Waals surface area contributed by atoms with Crippen molar-refractivity contribution in [1.82, 2.24) is 4.98 Å². The van der Waals surface area contributed by atoms with E-state index in [1.54, 1.807) is 0 Å². The van der Waals surface area contributed by atoms with Crippen LogP contribution in [-0.2, 0) is 0 Å². The van der Waals surface area contributed by atoms with E-state index in [9.17, 15) is 0 Å². The van der Waals surface area contributed by atoms with Crippen LogP contribution >= 0.6 is 11.8 Å². The first kappa shape index (κ1) is 11.3. The second-order valence-electron chi connectivity index (χ2n) is 5.18. The first-order valence-electron chi connectivity index (χ1n) is 6.71. The van der Waals surface area contributed by atoms with Crippen molar-refractivity contribution in [2.75, 3.05) is 11.9 Å². The minimum Gasteiger partial charge on any atom is -0.335 e. The number of anilines is 1. The van der Waals surface area contributed by atoms with Crippen molar-refractivity contribution in [2.45, 2.75) is 18.1 Å². The summed E-state index contributed by atoms with van der Waals surface area (Å²) in [5.41, 5.74) is 2.13. The number of benzene rings is 1.